The van der Waals surface area contributed by atoms with E-state index in [1.165, 1.54) is 18.4 Å². The van der Waals surface area contributed by atoms with Crippen molar-refractivity contribution < 1.29 is 19.1 Å². The lowest BCUT2D eigenvalue weighted by Crippen LogP contribution is -2.40. The van der Waals surface area contributed by atoms with Gasteiger partial charge in [0.2, 0.25) is 5.91 Å². The zero-order chi connectivity index (χ0) is 28.6. The number of carbonyl (C=O) groups is 2. The third-order valence-corrected chi connectivity index (χ3v) is 7.49. The second-order valence-corrected chi connectivity index (χ2v) is 11.7. The SMILES string of the molecule is CC1CC(C)CC(C)(C(N)=O)C1.CC=CCC(C)NC.COc1ccc(SNC(C)(C)C=O)c(OC)c1. The van der Waals surface area contributed by atoms with E-state index in [-0.39, 0.29) is 11.3 Å². The molecule has 8 heteroatoms. The van der Waals surface area contributed by atoms with Gasteiger partial charge in [-0.05, 0) is 96.3 Å². The third-order valence-electron chi connectivity index (χ3n) is 6.31. The maximum absolute atomic E-state index is 11.2. The molecule has 37 heavy (non-hydrogen) atoms. The number of methoxy groups -OCH3 is 2. The molecule has 7 nitrogen and oxygen atoms in total. The van der Waals surface area contributed by atoms with E-state index in [0.717, 1.165) is 36.2 Å². The molecule has 1 fully saturated rings. The predicted molar refractivity (Wildman–Crippen MR) is 156 cm³/mol. The third kappa shape index (κ3) is 13.9. The minimum Gasteiger partial charge on any atom is -0.497 e. The molecule has 3 atom stereocenters. The summed E-state index contributed by atoms with van der Waals surface area (Å²) >= 11 is 1.36. The Morgan fingerprint density at radius 2 is 1.84 bits per heavy atom. The van der Waals surface area contributed by atoms with Gasteiger partial charge in [-0.1, -0.05) is 32.9 Å². The van der Waals surface area contributed by atoms with Crippen LogP contribution in [0.2, 0.25) is 0 Å². The number of amides is 1. The van der Waals surface area contributed by atoms with Crippen LogP contribution < -0.4 is 25.2 Å². The number of hydrogen-bond donors (Lipinski definition) is 3. The van der Waals surface area contributed by atoms with Crippen LogP contribution >= 0.6 is 11.9 Å². The summed E-state index contributed by atoms with van der Waals surface area (Å²) in [6, 6.07) is 6.15. The number of aldehydes is 1. The second kappa shape index (κ2) is 17.5. The molecular weight excluding hydrogens is 486 g/mol. The standard InChI is InChI=1S/C12H17NO3S.C10H19NO.C7H15N/c1-12(2,8-14)13-17-11-6-5-9(15-3)7-10(11)16-4;1-7-4-8(2)6-10(3,5-7)9(11)12;1-4-5-6-7(2)8-3/h5-8,13H,1-4H3;7-8H,4-6H2,1-3H3,(H2,11,12);4-5,7-8H,6H2,1-3H3. The van der Waals surface area contributed by atoms with Crippen LogP contribution in [0, 0.1) is 17.3 Å². The number of carbonyl (C=O) groups excluding carboxylic acids is 2. The average molecular weight is 538 g/mol. The van der Waals surface area contributed by atoms with Crippen molar-refractivity contribution in [2.24, 2.45) is 23.0 Å². The maximum Gasteiger partial charge on any atom is 0.223 e. The molecule has 1 aromatic rings. The lowest BCUT2D eigenvalue weighted by Gasteiger charge is -2.37. The van der Waals surface area contributed by atoms with Crippen molar-refractivity contribution in [1.82, 2.24) is 10.0 Å². The highest BCUT2D eigenvalue weighted by Crippen LogP contribution is 2.41. The predicted octanol–water partition coefficient (Wildman–Crippen LogP) is 5.77. The highest BCUT2D eigenvalue weighted by molar-refractivity contribution is 7.97. The molecule has 0 aliphatic heterocycles. The van der Waals surface area contributed by atoms with Crippen molar-refractivity contribution in [3.63, 3.8) is 0 Å². The summed E-state index contributed by atoms with van der Waals surface area (Å²) < 4.78 is 13.4. The first-order valence-corrected chi connectivity index (χ1v) is 13.8. The molecule has 1 amide bonds. The Morgan fingerprint density at radius 1 is 1.24 bits per heavy atom. The number of benzene rings is 1. The summed E-state index contributed by atoms with van der Waals surface area (Å²) in [6.45, 7) is 14.2. The fraction of sp³-hybridized carbons (Fsp3) is 0.655. The fourth-order valence-electron chi connectivity index (χ4n) is 4.20. The average Bonchev–Trinajstić information content (AvgIpc) is 2.85. The Balaban J connectivity index is 0.000000566. The van der Waals surface area contributed by atoms with E-state index >= 15 is 0 Å². The van der Waals surface area contributed by atoms with E-state index in [9.17, 15) is 9.59 Å². The number of rotatable bonds is 10. The first-order valence-electron chi connectivity index (χ1n) is 13.0. The molecule has 3 unspecified atom stereocenters. The Hall–Kier alpha value is -2.03. The van der Waals surface area contributed by atoms with Gasteiger partial charge in [-0.25, -0.2) is 4.72 Å². The molecule has 1 saturated carbocycles. The molecule has 0 aromatic heterocycles. The normalized spacial score (nSPS) is 22.1. The zero-order valence-electron chi connectivity index (χ0n) is 24.6. The van der Waals surface area contributed by atoms with Crippen molar-refractivity contribution in [1.29, 1.82) is 0 Å². The Bertz CT molecular complexity index is 834. The van der Waals surface area contributed by atoms with Crippen LogP contribution in [-0.4, -0.2) is 45.0 Å². The van der Waals surface area contributed by atoms with Gasteiger partial charge in [-0.2, -0.15) is 0 Å². The highest BCUT2D eigenvalue weighted by Gasteiger charge is 2.38. The number of allylic oxidation sites excluding steroid dienone is 1. The topological polar surface area (TPSA) is 103 Å². The lowest BCUT2D eigenvalue weighted by atomic mass is 9.67. The van der Waals surface area contributed by atoms with Gasteiger partial charge in [0.25, 0.3) is 0 Å². The molecule has 1 aliphatic carbocycles. The molecule has 0 spiro atoms. The van der Waals surface area contributed by atoms with E-state index in [0.29, 0.717) is 23.6 Å². The van der Waals surface area contributed by atoms with Crippen LogP contribution in [-0.2, 0) is 9.59 Å². The zero-order valence-corrected chi connectivity index (χ0v) is 25.5. The van der Waals surface area contributed by atoms with Crippen LogP contribution in [0.1, 0.15) is 74.1 Å². The minimum atomic E-state index is -0.574. The molecule has 1 aromatic carbocycles. The molecule has 1 aliphatic rings. The maximum atomic E-state index is 11.2. The molecular formula is C29H51N3O4S. The molecule has 0 bridgehead atoms. The Labute approximate surface area is 229 Å². The number of hydrogen-bond acceptors (Lipinski definition) is 7. The van der Waals surface area contributed by atoms with Gasteiger partial charge < -0.3 is 25.3 Å². The lowest BCUT2D eigenvalue weighted by molar-refractivity contribution is -0.130. The monoisotopic (exact) mass is 537 g/mol. The van der Waals surface area contributed by atoms with Crippen molar-refractivity contribution in [2.45, 2.75) is 90.6 Å². The number of nitrogens with two attached hydrogens (primary N) is 1. The van der Waals surface area contributed by atoms with Crippen molar-refractivity contribution in [2.75, 3.05) is 21.3 Å². The molecule has 0 radical (unpaired) electrons. The van der Waals surface area contributed by atoms with Crippen molar-refractivity contribution >= 4 is 24.1 Å². The summed E-state index contributed by atoms with van der Waals surface area (Å²) in [7, 11) is 5.19. The van der Waals surface area contributed by atoms with Crippen molar-refractivity contribution in [3.8, 4) is 11.5 Å². The van der Waals surface area contributed by atoms with Crippen molar-refractivity contribution in [3.05, 3.63) is 30.4 Å². The number of ether oxygens (including phenoxy) is 2. The summed E-state index contributed by atoms with van der Waals surface area (Å²) in [6.07, 6.45) is 9.42. The van der Waals surface area contributed by atoms with Gasteiger partial charge in [0.05, 0.1) is 24.7 Å². The molecule has 4 N–H and O–H groups in total. The van der Waals surface area contributed by atoms with E-state index in [1.54, 1.807) is 20.3 Å². The van der Waals surface area contributed by atoms with E-state index in [2.05, 4.69) is 43.0 Å². The van der Waals surface area contributed by atoms with Gasteiger partial charge in [-0.3, -0.25) is 4.79 Å². The second-order valence-electron chi connectivity index (χ2n) is 10.8. The molecule has 0 heterocycles. The van der Waals surface area contributed by atoms with Gasteiger partial charge in [0.1, 0.15) is 17.8 Å². The summed E-state index contributed by atoms with van der Waals surface area (Å²) in [4.78, 5) is 22.9. The van der Waals surface area contributed by atoms with Gasteiger partial charge in [0, 0.05) is 17.5 Å². The molecule has 2 rings (SSSR count). The largest absolute Gasteiger partial charge is 0.497 e. The highest BCUT2D eigenvalue weighted by atomic mass is 32.2. The van der Waals surface area contributed by atoms with Crippen LogP contribution in [0.25, 0.3) is 0 Å². The summed E-state index contributed by atoms with van der Waals surface area (Å²) in [5, 5.41) is 3.15. The summed E-state index contributed by atoms with van der Waals surface area (Å²) in [5.74, 6) is 2.61. The first kappa shape index (κ1) is 35.0. The number of nitrogens with one attached hydrogen (secondary N) is 2. The fourth-order valence-corrected chi connectivity index (χ4v) is 5.00. The minimum absolute atomic E-state index is 0.124. The van der Waals surface area contributed by atoms with Crippen LogP contribution in [0.15, 0.2) is 35.2 Å². The quantitative estimate of drug-likeness (QED) is 0.198. The van der Waals surface area contributed by atoms with Crippen LogP contribution in [0.5, 0.6) is 11.5 Å². The van der Waals surface area contributed by atoms with Gasteiger partial charge >= 0.3 is 0 Å². The van der Waals surface area contributed by atoms with Gasteiger partial charge in [0.15, 0.2) is 0 Å². The Kier molecular flexibility index (Phi) is 16.5. The first-order chi connectivity index (χ1) is 17.3. The molecule has 212 valence electrons. The number of primary amides is 1. The van der Waals surface area contributed by atoms with E-state index in [1.807, 2.05) is 46.9 Å². The summed E-state index contributed by atoms with van der Waals surface area (Å²) in [5.41, 5.74) is 4.57. The molecule has 0 saturated heterocycles. The van der Waals surface area contributed by atoms with Gasteiger partial charge in [-0.15, -0.1) is 0 Å². The van der Waals surface area contributed by atoms with E-state index in [4.69, 9.17) is 15.2 Å². The van der Waals surface area contributed by atoms with Crippen LogP contribution in [0.4, 0.5) is 0 Å². The Morgan fingerprint density at radius 3 is 2.27 bits per heavy atom. The van der Waals surface area contributed by atoms with E-state index < -0.39 is 5.54 Å². The van der Waals surface area contributed by atoms with Crippen LogP contribution in [0.3, 0.4) is 0 Å². The smallest absolute Gasteiger partial charge is 0.223 e.